The van der Waals surface area contributed by atoms with Crippen LogP contribution in [0.4, 0.5) is 11.4 Å². The number of methoxy groups -OCH3 is 1. The highest BCUT2D eigenvalue weighted by Crippen LogP contribution is 2.30. The number of hydrogen-bond donors (Lipinski definition) is 1. The van der Waals surface area contributed by atoms with Crippen molar-refractivity contribution < 1.29 is 14.4 Å². The van der Waals surface area contributed by atoms with Gasteiger partial charge in [-0.1, -0.05) is 0 Å². The normalized spacial score (nSPS) is 19.3. The lowest BCUT2D eigenvalue weighted by molar-refractivity contribution is -0.384. The third kappa shape index (κ3) is 2.89. The Bertz CT molecular complexity index is 430. The van der Waals surface area contributed by atoms with Crippen LogP contribution in [0, 0.1) is 10.1 Å². The average molecular weight is 252 g/mol. The lowest BCUT2D eigenvalue weighted by atomic mass is 10.1. The third-order valence-corrected chi connectivity index (χ3v) is 2.92. The lowest BCUT2D eigenvalue weighted by Gasteiger charge is -2.24. The highest BCUT2D eigenvalue weighted by atomic mass is 16.6. The summed E-state index contributed by atoms with van der Waals surface area (Å²) in [6.07, 6.45) is 1.94. The van der Waals surface area contributed by atoms with E-state index in [2.05, 4.69) is 5.32 Å². The highest BCUT2D eigenvalue weighted by molar-refractivity contribution is 5.64. The van der Waals surface area contributed by atoms with Crippen LogP contribution in [0.3, 0.4) is 0 Å². The molecular weight excluding hydrogens is 236 g/mol. The van der Waals surface area contributed by atoms with Crippen LogP contribution in [0.2, 0.25) is 0 Å². The molecule has 18 heavy (non-hydrogen) atoms. The van der Waals surface area contributed by atoms with Gasteiger partial charge in [-0.2, -0.15) is 0 Å². The molecule has 0 aliphatic carbocycles. The second-order valence-corrected chi connectivity index (χ2v) is 4.20. The van der Waals surface area contributed by atoms with Gasteiger partial charge >= 0.3 is 0 Å². The first kappa shape index (κ1) is 12.6. The average Bonchev–Trinajstić information content (AvgIpc) is 2.40. The van der Waals surface area contributed by atoms with Gasteiger partial charge < -0.3 is 14.8 Å². The van der Waals surface area contributed by atoms with Gasteiger partial charge in [0.15, 0.2) is 0 Å². The Kier molecular flexibility index (Phi) is 3.99. The molecule has 6 heteroatoms. The maximum Gasteiger partial charge on any atom is 0.296 e. The molecular formula is C12H16N2O4. The molecule has 1 unspecified atom stereocenters. The van der Waals surface area contributed by atoms with Gasteiger partial charge in [-0.15, -0.1) is 0 Å². The van der Waals surface area contributed by atoms with E-state index in [0.717, 1.165) is 19.4 Å². The van der Waals surface area contributed by atoms with Crippen molar-refractivity contribution in [2.24, 2.45) is 0 Å². The van der Waals surface area contributed by atoms with E-state index in [4.69, 9.17) is 9.47 Å². The zero-order valence-electron chi connectivity index (χ0n) is 10.2. The quantitative estimate of drug-likeness (QED) is 0.656. The predicted octanol–water partition coefficient (Wildman–Crippen LogP) is 2.19. The number of nitrogens with zero attached hydrogens (tertiary/aromatic N) is 1. The van der Waals surface area contributed by atoms with E-state index in [1.807, 2.05) is 0 Å². The zero-order valence-corrected chi connectivity index (χ0v) is 10.2. The molecule has 1 fully saturated rings. The van der Waals surface area contributed by atoms with Crippen LogP contribution in [0.5, 0.6) is 5.75 Å². The summed E-state index contributed by atoms with van der Waals surface area (Å²) in [5, 5.41) is 14.2. The Morgan fingerprint density at radius 1 is 1.56 bits per heavy atom. The van der Waals surface area contributed by atoms with Gasteiger partial charge in [-0.05, 0) is 25.0 Å². The van der Waals surface area contributed by atoms with Gasteiger partial charge in [0.2, 0.25) is 0 Å². The van der Waals surface area contributed by atoms with Crippen molar-refractivity contribution >= 4 is 11.4 Å². The molecule has 0 amide bonds. The highest BCUT2D eigenvalue weighted by Gasteiger charge is 2.20. The Labute approximate surface area is 105 Å². The Morgan fingerprint density at radius 3 is 3.00 bits per heavy atom. The number of hydrogen-bond acceptors (Lipinski definition) is 5. The topological polar surface area (TPSA) is 73.6 Å². The molecule has 0 saturated carbocycles. The predicted molar refractivity (Wildman–Crippen MR) is 67.1 cm³/mol. The molecule has 1 atom stereocenters. The Hall–Kier alpha value is -1.82. The van der Waals surface area contributed by atoms with E-state index in [1.54, 1.807) is 12.1 Å². The molecule has 98 valence electrons. The van der Waals surface area contributed by atoms with Crippen LogP contribution < -0.4 is 10.1 Å². The zero-order chi connectivity index (χ0) is 13.0. The standard InChI is InChI=1S/C12H16N2O4/c1-17-10-4-5-11(12(7-10)14(15)16)13-9-3-2-6-18-8-9/h4-5,7,9,13H,2-3,6,8H2,1H3. The van der Waals surface area contributed by atoms with Crippen LogP contribution in [0.15, 0.2) is 18.2 Å². The fourth-order valence-electron chi connectivity index (χ4n) is 1.99. The van der Waals surface area contributed by atoms with Crippen LogP contribution in [0.25, 0.3) is 0 Å². The molecule has 1 saturated heterocycles. The molecule has 1 aliphatic rings. The van der Waals surface area contributed by atoms with E-state index in [9.17, 15) is 10.1 Å². The Morgan fingerprint density at radius 2 is 2.39 bits per heavy atom. The van der Waals surface area contributed by atoms with Gasteiger partial charge in [0.25, 0.3) is 5.69 Å². The molecule has 2 rings (SSSR count). The van der Waals surface area contributed by atoms with Crippen molar-refractivity contribution in [3.05, 3.63) is 28.3 Å². The summed E-state index contributed by atoms with van der Waals surface area (Å²) in [6.45, 7) is 1.35. The number of nitro benzene ring substituents is 1. The van der Waals surface area contributed by atoms with E-state index >= 15 is 0 Å². The summed E-state index contributed by atoms with van der Waals surface area (Å²) >= 11 is 0. The van der Waals surface area contributed by atoms with Gasteiger partial charge in [-0.3, -0.25) is 10.1 Å². The van der Waals surface area contributed by atoms with Crippen LogP contribution in [-0.4, -0.2) is 31.3 Å². The summed E-state index contributed by atoms with van der Waals surface area (Å²) in [5.41, 5.74) is 0.538. The molecule has 1 heterocycles. The first-order valence-corrected chi connectivity index (χ1v) is 5.87. The first-order valence-electron chi connectivity index (χ1n) is 5.87. The van der Waals surface area contributed by atoms with Gasteiger partial charge in [0, 0.05) is 12.6 Å². The summed E-state index contributed by atoms with van der Waals surface area (Å²) in [4.78, 5) is 10.6. The molecule has 0 bridgehead atoms. The summed E-state index contributed by atoms with van der Waals surface area (Å²) in [6, 6.07) is 4.93. The largest absolute Gasteiger partial charge is 0.496 e. The Balaban J connectivity index is 2.17. The smallest absolute Gasteiger partial charge is 0.296 e. The fourth-order valence-corrected chi connectivity index (χ4v) is 1.99. The van der Waals surface area contributed by atoms with Crippen molar-refractivity contribution in [1.82, 2.24) is 0 Å². The van der Waals surface area contributed by atoms with E-state index in [1.165, 1.54) is 13.2 Å². The number of benzene rings is 1. The minimum absolute atomic E-state index is 0.0277. The monoisotopic (exact) mass is 252 g/mol. The van der Waals surface area contributed by atoms with Crippen molar-refractivity contribution in [1.29, 1.82) is 0 Å². The van der Waals surface area contributed by atoms with Crippen molar-refractivity contribution in [3.8, 4) is 5.75 Å². The first-order chi connectivity index (χ1) is 8.70. The van der Waals surface area contributed by atoms with Crippen LogP contribution in [0.1, 0.15) is 12.8 Å². The molecule has 0 spiro atoms. The summed E-state index contributed by atoms with van der Waals surface area (Å²) in [5.74, 6) is 0.479. The molecule has 0 aromatic heterocycles. The minimum atomic E-state index is -0.408. The van der Waals surface area contributed by atoms with Gasteiger partial charge in [0.1, 0.15) is 11.4 Å². The second kappa shape index (κ2) is 5.68. The van der Waals surface area contributed by atoms with Gasteiger partial charge in [-0.25, -0.2) is 0 Å². The van der Waals surface area contributed by atoms with Crippen molar-refractivity contribution in [3.63, 3.8) is 0 Å². The third-order valence-electron chi connectivity index (χ3n) is 2.92. The maximum atomic E-state index is 11.0. The lowest BCUT2D eigenvalue weighted by Crippen LogP contribution is -2.30. The van der Waals surface area contributed by atoms with E-state index in [0.29, 0.717) is 18.0 Å². The van der Waals surface area contributed by atoms with E-state index < -0.39 is 4.92 Å². The minimum Gasteiger partial charge on any atom is -0.496 e. The molecule has 1 aromatic rings. The number of rotatable bonds is 4. The molecule has 1 aromatic carbocycles. The van der Waals surface area contributed by atoms with Gasteiger partial charge in [0.05, 0.1) is 24.7 Å². The molecule has 0 radical (unpaired) electrons. The number of nitro groups is 1. The summed E-state index contributed by atoms with van der Waals surface area (Å²) in [7, 11) is 1.49. The van der Waals surface area contributed by atoms with Crippen molar-refractivity contribution in [2.75, 3.05) is 25.6 Å². The summed E-state index contributed by atoms with van der Waals surface area (Å²) < 4.78 is 10.3. The number of ether oxygens (including phenoxy) is 2. The number of nitrogens with one attached hydrogen (secondary N) is 1. The fraction of sp³-hybridized carbons (Fsp3) is 0.500. The van der Waals surface area contributed by atoms with Crippen molar-refractivity contribution in [2.45, 2.75) is 18.9 Å². The maximum absolute atomic E-state index is 11.0. The number of anilines is 1. The SMILES string of the molecule is COc1ccc(NC2CCCOC2)c([N+](=O)[O-])c1. The van der Waals surface area contributed by atoms with Crippen LogP contribution in [-0.2, 0) is 4.74 Å². The second-order valence-electron chi connectivity index (χ2n) is 4.20. The molecule has 6 nitrogen and oxygen atoms in total. The molecule has 1 N–H and O–H groups in total. The molecule has 1 aliphatic heterocycles. The van der Waals surface area contributed by atoms with Crippen LogP contribution >= 0.6 is 0 Å². The van der Waals surface area contributed by atoms with E-state index in [-0.39, 0.29) is 11.7 Å².